The zero-order valence-electron chi connectivity index (χ0n) is 67.9. The molecule has 129 heavy (non-hydrogen) atoms. The van der Waals surface area contributed by atoms with Gasteiger partial charge in [0.15, 0.2) is 5.69 Å². The number of furan rings is 6. The third-order valence-corrected chi connectivity index (χ3v) is 25.4. The van der Waals surface area contributed by atoms with Gasteiger partial charge in [-0.1, -0.05) is 170 Å². The minimum atomic E-state index is 0.331. The van der Waals surface area contributed by atoms with Crippen LogP contribution in [0.4, 0.5) is 17.1 Å². The van der Waals surface area contributed by atoms with E-state index < -0.39 is 0 Å². The zero-order chi connectivity index (χ0) is 86.0. The fourth-order valence-corrected chi connectivity index (χ4v) is 19.6. The van der Waals surface area contributed by atoms with E-state index in [1.54, 1.807) is 30.3 Å². The molecule has 0 saturated carbocycles. The number of aromatic nitrogens is 3. The SMILES string of the molecule is [C-]#[N+]c1ccc(-n2c3ccc(-c4ccc5oc6ccccc6c5c4)cc3c3c4oc5ccccc5c4ccc32)c(C#N)c1.[C-]#[N+]c1ccc(-n2c3ccc(-c4ccc5oc6ccccc6c5c4)cc3c3c4oc5ccccc5c4ccc32)cc1C#N.[C-]#[N+]c1cccc(-n2c3ccc(-c4ccc5oc6ccccc6c5c4)cc3c3c4oc5ccccc5c4ccc32)c1C#N. The lowest BCUT2D eigenvalue weighted by Gasteiger charge is -2.11. The Kier molecular flexibility index (Phi) is 16.0. The summed E-state index contributed by atoms with van der Waals surface area (Å²) in [5, 5.41) is 48.9. The van der Waals surface area contributed by atoms with E-state index in [0.29, 0.717) is 39.4 Å². The smallest absolute Gasteiger partial charge is 0.206 e. The predicted molar refractivity (Wildman–Crippen MR) is 515 cm³/mol. The standard InChI is InChI=1S/3C38H19N3O2/c1-40-30-9-6-10-31(29(30)21-39)41-32-16-13-22(23-14-18-36-27(19-23)25-8-3-4-11-34(25)42-36)20-28(32)37-33(41)17-15-26-24-7-2-5-12-35(24)43-38(26)37;1-40-31-14-12-25(18-24(31)21-39)41-32-15-10-22(23-11-17-36-29(19-23)27-7-3-4-8-34(27)42-36)20-30(32)37-33(41)16-13-28-26-6-2-5-9-35(26)43-38(28)37;1-40-25-12-15-31(24(18-25)21-39)41-32-14-10-22(23-11-17-36-29(19-23)27-7-3-4-8-34(27)42-36)20-30(32)37-33(41)16-13-28-26-6-2-5-9-35(26)43-38(28)37/h3*2-20H. The van der Waals surface area contributed by atoms with Crippen molar-refractivity contribution in [2.45, 2.75) is 0 Å². The Morgan fingerprint density at radius 1 is 0.225 bits per heavy atom. The first-order valence-corrected chi connectivity index (χ1v) is 41.8. The number of nitrogens with zero attached hydrogens (tertiary/aromatic N) is 9. The fourth-order valence-electron chi connectivity index (χ4n) is 19.6. The molecule has 27 aromatic rings. The van der Waals surface area contributed by atoms with Gasteiger partial charge in [0, 0.05) is 86.5 Å². The highest BCUT2D eigenvalue weighted by molar-refractivity contribution is 6.28. The van der Waals surface area contributed by atoms with Crippen LogP contribution in [0, 0.1) is 53.7 Å². The second-order valence-electron chi connectivity index (χ2n) is 32.2. The van der Waals surface area contributed by atoms with Crippen molar-refractivity contribution in [2.24, 2.45) is 0 Å². The number of fused-ring (bicyclic) bond motifs is 30. The number of benzene rings is 18. The molecule has 0 saturated heterocycles. The molecule has 18 aromatic carbocycles. The van der Waals surface area contributed by atoms with Crippen LogP contribution in [0.5, 0.6) is 0 Å². The Morgan fingerprint density at radius 2 is 0.566 bits per heavy atom. The second kappa shape index (κ2) is 28.3. The van der Waals surface area contributed by atoms with Gasteiger partial charge in [0.05, 0.1) is 115 Å². The third-order valence-electron chi connectivity index (χ3n) is 25.4. The number of nitriles is 3. The highest BCUT2D eigenvalue weighted by Crippen LogP contribution is 2.49. The summed E-state index contributed by atoms with van der Waals surface area (Å²) in [5.74, 6) is 0. The van der Waals surface area contributed by atoms with E-state index >= 15 is 0 Å². The van der Waals surface area contributed by atoms with Crippen molar-refractivity contribution in [1.82, 2.24) is 13.7 Å². The molecule has 27 rings (SSSR count). The van der Waals surface area contributed by atoms with Gasteiger partial charge in [0.2, 0.25) is 11.4 Å². The molecule has 15 nitrogen and oxygen atoms in total. The molecule has 15 heteroatoms. The van der Waals surface area contributed by atoms with E-state index in [1.165, 1.54) is 0 Å². The number of para-hydroxylation sites is 6. The van der Waals surface area contributed by atoms with Gasteiger partial charge in [-0.3, -0.25) is 0 Å². The number of hydrogen-bond donors (Lipinski definition) is 0. The molecule has 0 radical (unpaired) electrons. The monoisotopic (exact) mass is 1650 g/mol. The van der Waals surface area contributed by atoms with Crippen LogP contribution >= 0.6 is 0 Å². The summed E-state index contributed by atoms with van der Waals surface area (Å²) < 4.78 is 44.2. The van der Waals surface area contributed by atoms with E-state index in [1.807, 2.05) is 152 Å². The normalized spacial score (nSPS) is 11.7. The lowest BCUT2D eigenvalue weighted by Crippen LogP contribution is -1.97. The van der Waals surface area contributed by atoms with Crippen molar-refractivity contribution in [1.29, 1.82) is 15.8 Å². The quantitative estimate of drug-likeness (QED) is 0.147. The van der Waals surface area contributed by atoms with Crippen molar-refractivity contribution in [3.05, 3.63) is 397 Å². The minimum absolute atomic E-state index is 0.331. The maximum Gasteiger partial charge on any atom is 0.206 e. The van der Waals surface area contributed by atoms with Gasteiger partial charge in [-0.05, 0) is 209 Å². The highest BCUT2D eigenvalue weighted by Gasteiger charge is 2.27. The maximum absolute atomic E-state index is 10.1. The van der Waals surface area contributed by atoms with Crippen LogP contribution in [0.15, 0.2) is 372 Å². The van der Waals surface area contributed by atoms with Crippen LogP contribution in [-0.2, 0) is 0 Å². The summed E-state index contributed by atoms with van der Waals surface area (Å²) in [4.78, 5) is 10.7. The van der Waals surface area contributed by atoms with Crippen LogP contribution in [0.1, 0.15) is 16.7 Å². The molecular weight excluding hydrogens is 1590 g/mol. The first-order chi connectivity index (χ1) is 63.7. The Morgan fingerprint density at radius 3 is 0.953 bits per heavy atom. The Labute approximate surface area is 730 Å². The molecule has 0 aliphatic heterocycles. The van der Waals surface area contributed by atoms with Crippen molar-refractivity contribution >= 4 is 214 Å². The van der Waals surface area contributed by atoms with Gasteiger partial charge in [0.25, 0.3) is 0 Å². The Hall–Kier alpha value is -18.9. The summed E-state index contributed by atoms with van der Waals surface area (Å²) in [6.07, 6.45) is 0. The van der Waals surface area contributed by atoms with Crippen molar-refractivity contribution in [3.8, 4) is 68.7 Å². The van der Waals surface area contributed by atoms with E-state index in [0.717, 1.165) is 242 Å². The van der Waals surface area contributed by atoms with Crippen molar-refractivity contribution in [2.75, 3.05) is 0 Å². The fraction of sp³-hybridized carbons (Fsp3) is 0. The molecule has 0 aliphatic rings. The lowest BCUT2D eigenvalue weighted by atomic mass is 10.00. The summed E-state index contributed by atoms with van der Waals surface area (Å²) in [7, 11) is 0. The molecule has 9 heterocycles. The highest BCUT2D eigenvalue weighted by atomic mass is 16.3. The van der Waals surface area contributed by atoms with Gasteiger partial charge in [0.1, 0.15) is 67.0 Å². The minimum Gasteiger partial charge on any atom is -0.456 e. The Bertz CT molecular complexity index is 9900. The van der Waals surface area contributed by atoms with Crippen molar-refractivity contribution < 1.29 is 26.5 Å². The van der Waals surface area contributed by atoms with Gasteiger partial charge in [-0.2, -0.15) is 15.8 Å². The molecule has 0 unspecified atom stereocenters. The average Bonchev–Trinajstić information content (AvgIpc) is 1.56. The van der Waals surface area contributed by atoms with Crippen molar-refractivity contribution in [3.63, 3.8) is 0 Å². The molecule has 9 aromatic heterocycles. The summed E-state index contributed by atoms with van der Waals surface area (Å²) >= 11 is 0. The lowest BCUT2D eigenvalue weighted by molar-refractivity contribution is 0.668. The molecule has 0 fully saturated rings. The maximum atomic E-state index is 10.1. The summed E-state index contributed by atoms with van der Waals surface area (Å²) in [6, 6.07) is 122. The topological polar surface area (TPSA) is 178 Å². The predicted octanol–water partition coefficient (Wildman–Crippen LogP) is 32.0. The van der Waals surface area contributed by atoms with Crippen LogP contribution in [0.3, 0.4) is 0 Å². The summed E-state index contributed by atoms with van der Waals surface area (Å²) in [5.41, 5.74) is 26.7. The molecule has 0 spiro atoms. The molecule has 0 amide bonds. The third kappa shape index (κ3) is 11.1. The molecule has 0 N–H and O–H groups in total. The number of hydrogen-bond acceptors (Lipinski definition) is 9. The first-order valence-electron chi connectivity index (χ1n) is 41.8. The van der Waals surface area contributed by atoms with Gasteiger partial charge < -0.3 is 40.2 Å². The zero-order valence-corrected chi connectivity index (χ0v) is 67.9. The van der Waals surface area contributed by atoms with Crippen LogP contribution in [0.2, 0.25) is 0 Å². The van der Waals surface area contributed by atoms with E-state index in [9.17, 15) is 15.8 Å². The van der Waals surface area contributed by atoms with Gasteiger partial charge in [-0.25, -0.2) is 14.5 Å². The first kappa shape index (κ1) is 72.9. The van der Waals surface area contributed by atoms with Gasteiger partial charge >= 0.3 is 0 Å². The van der Waals surface area contributed by atoms with E-state index in [-0.39, 0.29) is 0 Å². The summed E-state index contributed by atoms with van der Waals surface area (Å²) in [6.45, 7) is 22.6. The molecule has 0 bridgehead atoms. The molecule has 0 aliphatic carbocycles. The van der Waals surface area contributed by atoms with Crippen LogP contribution in [0.25, 0.3) is 262 Å². The van der Waals surface area contributed by atoms with E-state index in [4.69, 9.17) is 46.2 Å². The van der Waals surface area contributed by atoms with Gasteiger partial charge in [-0.15, -0.1) is 0 Å². The molecule has 0 atom stereocenters. The second-order valence-corrected chi connectivity index (χ2v) is 32.2. The van der Waals surface area contributed by atoms with Crippen LogP contribution in [-0.4, -0.2) is 13.7 Å². The van der Waals surface area contributed by atoms with E-state index in [2.05, 4.69) is 210 Å². The average molecular weight is 1650 g/mol. The molecule has 594 valence electrons. The molecular formula is C114H57N9O6. The largest absolute Gasteiger partial charge is 0.456 e. The Balaban J connectivity index is 0.000000105. The van der Waals surface area contributed by atoms with Crippen LogP contribution < -0.4 is 0 Å². The number of rotatable bonds is 6.